The fourth-order valence-electron chi connectivity index (χ4n) is 3.71. The quantitative estimate of drug-likeness (QED) is 0.365. The number of nitrogens with one attached hydrogen (secondary N) is 1. The number of amides is 1. The molecule has 2 heterocycles. The Labute approximate surface area is 184 Å². The first-order valence-electron chi connectivity index (χ1n) is 9.97. The Kier molecular flexibility index (Phi) is 5.90. The maximum atomic E-state index is 13.1. The van der Waals surface area contributed by atoms with E-state index >= 15 is 0 Å². The number of H-pyrrole nitrogens is 1. The largest absolute Gasteiger partial charge is 0.490 e. The van der Waals surface area contributed by atoms with Crippen LogP contribution in [-0.2, 0) is 4.79 Å². The summed E-state index contributed by atoms with van der Waals surface area (Å²) in [6, 6.07) is 14.8. The predicted octanol–water partition coefficient (Wildman–Crippen LogP) is 3.31. The van der Waals surface area contributed by atoms with Gasteiger partial charge in [0.25, 0.3) is 6.17 Å². The number of rotatable bonds is 6. The Morgan fingerprint density at radius 1 is 1.29 bits per heavy atom. The second-order valence-electron chi connectivity index (χ2n) is 6.93. The molecular weight excluding hydrogens is 412 g/mol. The molecule has 0 saturated carbocycles. The molecule has 3 aromatic rings. The standard InChI is InChI=1S/C23H22N4O3S/c1-4-14-30-17-12-10-16(11-13-17)22-26(15(3)28)19-9-7-6-8-18(19)20-21(29)24-23(31-5-2)25-27(20)22/h4,6-13,22H,1,5,14H2,2-3H3/p+1. The number of ether oxygens (including phenoxy) is 1. The summed E-state index contributed by atoms with van der Waals surface area (Å²) in [5.74, 6) is 1.31. The predicted molar refractivity (Wildman–Crippen MR) is 120 cm³/mol. The zero-order chi connectivity index (χ0) is 22.0. The lowest BCUT2D eigenvalue weighted by Gasteiger charge is -2.31. The minimum absolute atomic E-state index is 0.144. The van der Waals surface area contributed by atoms with E-state index in [2.05, 4.69) is 11.6 Å². The average Bonchev–Trinajstić information content (AvgIpc) is 2.77. The zero-order valence-corrected chi connectivity index (χ0v) is 18.2. The summed E-state index contributed by atoms with van der Waals surface area (Å²) in [6.45, 7) is 7.57. The molecule has 4 rings (SSSR count). The van der Waals surface area contributed by atoms with Gasteiger partial charge in [-0.15, -0.1) is 0 Å². The first-order chi connectivity index (χ1) is 15.0. The highest BCUT2D eigenvalue weighted by Gasteiger charge is 2.44. The first-order valence-corrected chi connectivity index (χ1v) is 11.0. The number of carbonyl (C=O) groups excluding carboxylic acids is 1. The number of nitrogens with zero attached hydrogens (tertiary/aromatic N) is 3. The van der Waals surface area contributed by atoms with Crippen molar-refractivity contribution in [2.45, 2.75) is 25.2 Å². The molecule has 1 N–H and O–H groups in total. The zero-order valence-electron chi connectivity index (χ0n) is 17.4. The summed E-state index contributed by atoms with van der Waals surface area (Å²) < 4.78 is 7.24. The van der Waals surface area contributed by atoms with Crippen LogP contribution in [-0.4, -0.2) is 28.3 Å². The normalized spacial score (nSPS) is 14.5. The van der Waals surface area contributed by atoms with Crippen LogP contribution in [0.25, 0.3) is 11.3 Å². The number of thioether (sulfide) groups is 1. The van der Waals surface area contributed by atoms with Gasteiger partial charge in [0.2, 0.25) is 11.1 Å². The van der Waals surface area contributed by atoms with E-state index in [9.17, 15) is 9.59 Å². The summed E-state index contributed by atoms with van der Waals surface area (Å²) in [5.41, 5.74) is 2.34. The molecule has 31 heavy (non-hydrogen) atoms. The molecule has 1 aliphatic rings. The Hall–Kier alpha value is -3.39. The first kappa shape index (κ1) is 20.9. The molecule has 0 radical (unpaired) electrons. The summed E-state index contributed by atoms with van der Waals surface area (Å²) in [4.78, 5) is 30.4. The molecule has 0 aliphatic carbocycles. The van der Waals surface area contributed by atoms with Gasteiger partial charge in [0.05, 0.1) is 11.3 Å². The number of para-hydroxylation sites is 1. The van der Waals surface area contributed by atoms with Gasteiger partial charge in [0.15, 0.2) is 0 Å². The molecule has 1 aliphatic heterocycles. The average molecular weight is 436 g/mol. The van der Waals surface area contributed by atoms with Crippen LogP contribution < -0.4 is 19.9 Å². The van der Waals surface area contributed by atoms with Crippen LogP contribution in [0.3, 0.4) is 0 Å². The highest BCUT2D eigenvalue weighted by Crippen LogP contribution is 2.37. The Morgan fingerprint density at radius 2 is 2.03 bits per heavy atom. The van der Waals surface area contributed by atoms with Crippen molar-refractivity contribution >= 4 is 23.4 Å². The number of hydrogen-bond donors (Lipinski definition) is 1. The molecule has 2 aromatic carbocycles. The van der Waals surface area contributed by atoms with Crippen molar-refractivity contribution in [2.24, 2.45) is 0 Å². The van der Waals surface area contributed by atoms with E-state index in [1.54, 1.807) is 15.7 Å². The third-order valence-electron chi connectivity index (χ3n) is 4.92. The van der Waals surface area contributed by atoms with Crippen molar-refractivity contribution in [1.82, 2.24) is 10.1 Å². The van der Waals surface area contributed by atoms with E-state index in [1.807, 2.05) is 55.5 Å². The van der Waals surface area contributed by atoms with Gasteiger partial charge in [-0.1, -0.05) is 43.5 Å². The van der Waals surface area contributed by atoms with Gasteiger partial charge in [-0.2, -0.15) is 0 Å². The second kappa shape index (κ2) is 8.77. The van der Waals surface area contributed by atoms with Gasteiger partial charge < -0.3 is 4.74 Å². The molecule has 7 nitrogen and oxygen atoms in total. The Balaban J connectivity index is 1.94. The number of carbonyl (C=O) groups is 1. The van der Waals surface area contributed by atoms with Crippen LogP contribution in [0.2, 0.25) is 0 Å². The van der Waals surface area contributed by atoms with E-state index < -0.39 is 6.17 Å². The molecule has 1 unspecified atom stereocenters. The lowest BCUT2D eigenvalue weighted by molar-refractivity contribution is -0.763. The molecule has 1 amide bonds. The Morgan fingerprint density at radius 3 is 2.71 bits per heavy atom. The van der Waals surface area contributed by atoms with Crippen LogP contribution in [0.5, 0.6) is 5.75 Å². The van der Waals surface area contributed by atoms with E-state index in [1.165, 1.54) is 18.7 Å². The summed E-state index contributed by atoms with van der Waals surface area (Å²) >= 11 is 1.44. The van der Waals surface area contributed by atoms with Crippen molar-refractivity contribution in [2.75, 3.05) is 17.3 Å². The van der Waals surface area contributed by atoms with Gasteiger partial charge in [0, 0.05) is 17.6 Å². The minimum Gasteiger partial charge on any atom is -0.490 e. The molecule has 0 spiro atoms. The molecule has 0 bridgehead atoms. The molecule has 1 aromatic heterocycles. The van der Waals surface area contributed by atoms with Crippen molar-refractivity contribution in [3.63, 3.8) is 0 Å². The van der Waals surface area contributed by atoms with E-state index in [4.69, 9.17) is 9.84 Å². The highest BCUT2D eigenvalue weighted by molar-refractivity contribution is 7.99. The van der Waals surface area contributed by atoms with Crippen LogP contribution in [0.1, 0.15) is 25.6 Å². The van der Waals surface area contributed by atoms with Crippen molar-refractivity contribution in [3.8, 4) is 17.0 Å². The number of fused-ring (bicyclic) bond motifs is 3. The number of anilines is 1. The van der Waals surface area contributed by atoms with Crippen molar-refractivity contribution in [3.05, 3.63) is 77.1 Å². The number of hydrogen-bond acceptors (Lipinski definition) is 5. The fourth-order valence-corrected chi connectivity index (χ4v) is 4.29. The summed E-state index contributed by atoms with van der Waals surface area (Å²) in [5, 5.41) is 5.22. The van der Waals surface area contributed by atoms with Crippen molar-refractivity contribution < 1.29 is 14.2 Å². The Bertz CT molecular complexity index is 1190. The maximum absolute atomic E-state index is 13.1. The summed E-state index contributed by atoms with van der Waals surface area (Å²) in [6.07, 6.45) is 1.08. The van der Waals surface area contributed by atoms with Crippen molar-refractivity contribution in [1.29, 1.82) is 0 Å². The topological polar surface area (TPSA) is 79.2 Å². The summed E-state index contributed by atoms with van der Waals surface area (Å²) in [7, 11) is 0. The van der Waals surface area contributed by atoms with Gasteiger partial charge >= 0.3 is 11.3 Å². The van der Waals surface area contributed by atoms with E-state index in [0.29, 0.717) is 34.5 Å². The molecule has 1 atom stereocenters. The monoisotopic (exact) mass is 435 g/mol. The lowest BCUT2D eigenvalue weighted by atomic mass is 10.0. The van der Waals surface area contributed by atoms with Gasteiger partial charge in [-0.05, 0) is 46.8 Å². The van der Waals surface area contributed by atoms with Crippen LogP contribution in [0.4, 0.5) is 5.69 Å². The third-order valence-corrected chi connectivity index (χ3v) is 5.67. The molecule has 0 fully saturated rings. The number of aromatic nitrogens is 3. The highest BCUT2D eigenvalue weighted by atomic mass is 32.2. The molecule has 158 valence electrons. The minimum atomic E-state index is -0.602. The van der Waals surface area contributed by atoms with E-state index in [-0.39, 0.29) is 11.5 Å². The van der Waals surface area contributed by atoms with Gasteiger partial charge in [-0.3, -0.25) is 14.6 Å². The fraction of sp³-hybridized carbons (Fsp3) is 0.217. The van der Waals surface area contributed by atoms with Gasteiger partial charge in [-0.25, -0.2) is 4.90 Å². The second-order valence-corrected chi connectivity index (χ2v) is 8.19. The maximum Gasteiger partial charge on any atom is 0.325 e. The molecule has 8 heteroatoms. The smallest absolute Gasteiger partial charge is 0.325 e. The van der Waals surface area contributed by atoms with E-state index in [0.717, 1.165) is 11.3 Å². The van der Waals surface area contributed by atoms with Crippen LogP contribution in [0.15, 0.2) is 71.1 Å². The number of benzene rings is 2. The molecular formula is C23H23N4O3S+. The number of aromatic amines is 1. The van der Waals surface area contributed by atoms with Gasteiger partial charge in [0.1, 0.15) is 12.4 Å². The lowest BCUT2D eigenvalue weighted by Crippen LogP contribution is -2.60. The third kappa shape index (κ3) is 3.86. The SMILES string of the molecule is C=CCOc1ccc(C2N(C(C)=O)c3ccccc3-c3c(=O)[nH]c(SCC)n[n+]32)cc1. The molecule has 0 saturated heterocycles. The van der Waals surface area contributed by atoms with Crippen LogP contribution >= 0.6 is 11.8 Å². The van der Waals surface area contributed by atoms with Crippen LogP contribution in [0, 0.1) is 0 Å².